The van der Waals surface area contributed by atoms with E-state index in [2.05, 4.69) is 11.4 Å². The van der Waals surface area contributed by atoms with Gasteiger partial charge in [0.15, 0.2) is 0 Å². The third-order valence-corrected chi connectivity index (χ3v) is 4.73. The first-order valence-electron chi connectivity index (χ1n) is 7.24. The summed E-state index contributed by atoms with van der Waals surface area (Å²) in [7, 11) is 0. The summed E-state index contributed by atoms with van der Waals surface area (Å²) in [5.41, 5.74) is -0.194. The smallest absolute Gasteiger partial charge is 0.252 e. The highest BCUT2D eigenvalue weighted by atomic mass is 32.2. The van der Waals surface area contributed by atoms with Crippen molar-refractivity contribution in [2.45, 2.75) is 42.6 Å². The van der Waals surface area contributed by atoms with E-state index >= 15 is 0 Å². The van der Waals surface area contributed by atoms with Crippen LogP contribution in [0.4, 0.5) is 0 Å². The number of nitrogens with zero attached hydrogens (tertiary/aromatic N) is 1. The van der Waals surface area contributed by atoms with E-state index in [4.69, 9.17) is 5.26 Å². The maximum absolute atomic E-state index is 12.3. The van der Waals surface area contributed by atoms with Gasteiger partial charge in [0.25, 0.3) is 5.91 Å². The van der Waals surface area contributed by atoms with Crippen molar-refractivity contribution in [3.05, 3.63) is 29.8 Å². The van der Waals surface area contributed by atoms with Crippen LogP contribution in [-0.2, 0) is 0 Å². The second-order valence-electron chi connectivity index (χ2n) is 5.41. The largest absolute Gasteiger partial charge is 0.388 e. The first-order valence-corrected chi connectivity index (χ1v) is 8.22. The van der Waals surface area contributed by atoms with E-state index in [1.807, 2.05) is 12.1 Å². The number of carbonyl (C=O) groups is 1. The summed E-state index contributed by atoms with van der Waals surface area (Å²) in [5, 5.41) is 21.9. The van der Waals surface area contributed by atoms with Crippen LogP contribution < -0.4 is 5.32 Å². The molecule has 112 valence electrons. The molecule has 0 unspecified atom stereocenters. The second-order valence-corrected chi connectivity index (χ2v) is 6.43. The zero-order chi connectivity index (χ0) is 15.1. The van der Waals surface area contributed by atoms with Crippen molar-refractivity contribution in [1.82, 2.24) is 5.32 Å². The molecule has 0 atom stereocenters. The molecule has 0 saturated heterocycles. The fourth-order valence-electron chi connectivity index (χ4n) is 2.62. The van der Waals surface area contributed by atoms with Gasteiger partial charge in [-0.1, -0.05) is 31.4 Å². The molecule has 1 fully saturated rings. The molecule has 0 aromatic heterocycles. The predicted octanol–water partition coefficient (Wildman–Crippen LogP) is 2.73. The average Bonchev–Trinajstić information content (AvgIpc) is 2.52. The van der Waals surface area contributed by atoms with E-state index < -0.39 is 5.60 Å². The quantitative estimate of drug-likeness (QED) is 0.820. The summed E-state index contributed by atoms with van der Waals surface area (Å²) in [4.78, 5) is 13.1. The first-order chi connectivity index (χ1) is 10.1. The molecule has 0 radical (unpaired) electrons. The first kappa shape index (κ1) is 15.9. The summed E-state index contributed by atoms with van der Waals surface area (Å²) in [6.45, 7) is 0.295. The Morgan fingerprint density at radius 3 is 2.76 bits per heavy atom. The van der Waals surface area contributed by atoms with Gasteiger partial charge in [-0.3, -0.25) is 4.79 Å². The number of benzene rings is 1. The lowest BCUT2D eigenvalue weighted by atomic mass is 9.85. The highest BCUT2D eigenvalue weighted by Gasteiger charge is 2.29. The van der Waals surface area contributed by atoms with Gasteiger partial charge in [0.05, 0.1) is 23.0 Å². The number of hydrogen-bond acceptors (Lipinski definition) is 4. The highest BCUT2D eigenvalue weighted by Crippen LogP contribution is 2.27. The monoisotopic (exact) mass is 304 g/mol. The van der Waals surface area contributed by atoms with E-state index in [1.54, 1.807) is 12.1 Å². The topological polar surface area (TPSA) is 73.1 Å². The zero-order valence-electron chi connectivity index (χ0n) is 12.0. The lowest BCUT2D eigenvalue weighted by Crippen LogP contribution is -2.44. The van der Waals surface area contributed by atoms with Crippen molar-refractivity contribution < 1.29 is 9.90 Å². The molecule has 0 spiro atoms. The van der Waals surface area contributed by atoms with Gasteiger partial charge in [-0.15, -0.1) is 11.8 Å². The van der Waals surface area contributed by atoms with Crippen LogP contribution in [0, 0.1) is 11.3 Å². The third-order valence-electron chi connectivity index (χ3n) is 3.79. The third kappa shape index (κ3) is 4.48. The van der Waals surface area contributed by atoms with Crippen molar-refractivity contribution in [3.8, 4) is 6.07 Å². The van der Waals surface area contributed by atoms with E-state index in [0.717, 1.165) is 37.0 Å². The summed E-state index contributed by atoms with van der Waals surface area (Å²) in [5.74, 6) is 0.129. The Balaban J connectivity index is 1.98. The van der Waals surface area contributed by atoms with Gasteiger partial charge in [-0.2, -0.15) is 5.26 Å². The Bertz CT molecular complexity index is 533. The van der Waals surface area contributed by atoms with Gasteiger partial charge >= 0.3 is 0 Å². The van der Waals surface area contributed by atoms with Crippen LogP contribution in [0.5, 0.6) is 0 Å². The van der Waals surface area contributed by atoms with Crippen LogP contribution in [0.25, 0.3) is 0 Å². The molecular weight excluding hydrogens is 284 g/mol. The Morgan fingerprint density at radius 1 is 1.33 bits per heavy atom. The number of carbonyl (C=O) groups excluding carboxylic acids is 1. The number of nitriles is 1. The zero-order valence-corrected chi connectivity index (χ0v) is 12.8. The fraction of sp³-hybridized carbons (Fsp3) is 0.500. The molecule has 0 bridgehead atoms. The summed E-state index contributed by atoms with van der Waals surface area (Å²) in [6.07, 6.45) is 4.68. The van der Waals surface area contributed by atoms with E-state index in [9.17, 15) is 9.90 Å². The standard InChI is InChI=1S/C16H20N2O2S/c17-10-11-21-14-7-3-2-6-13(14)15(19)18-12-16(20)8-4-1-5-9-16/h2-3,6-7,20H,1,4-5,8-9,11-12H2,(H,18,19). The van der Waals surface area contributed by atoms with Crippen molar-refractivity contribution in [1.29, 1.82) is 5.26 Å². The van der Waals surface area contributed by atoms with Crippen molar-refractivity contribution in [3.63, 3.8) is 0 Å². The van der Waals surface area contributed by atoms with E-state index in [0.29, 0.717) is 17.9 Å². The van der Waals surface area contributed by atoms with Crippen molar-refractivity contribution in [2.24, 2.45) is 0 Å². The van der Waals surface area contributed by atoms with Crippen LogP contribution in [0.15, 0.2) is 29.2 Å². The molecule has 1 aliphatic rings. The van der Waals surface area contributed by atoms with Crippen LogP contribution in [-0.4, -0.2) is 28.9 Å². The molecule has 5 heteroatoms. The molecule has 1 aliphatic carbocycles. The van der Waals surface area contributed by atoms with E-state index in [1.165, 1.54) is 11.8 Å². The van der Waals surface area contributed by atoms with Gasteiger partial charge in [-0.05, 0) is 25.0 Å². The second kappa shape index (κ2) is 7.48. The summed E-state index contributed by atoms with van der Waals surface area (Å²) in [6, 6.07) is 9.31. The summed E-state index contributed by atoms with van der Waals surface area (Å²) < 4.78 is 0. The fourth-order valence-corrected chi connectivity index (χ4v) is 3.33. The van der Waals surface area contributed by atoms with Crippen molar-refractivity contribution in [2.75, 3.05) is 12.3 Å². The molecule has 2 rings (SSSR count). The molecule has 1 saturated carbocycles. The minimum atomic E-state index is -0.761. The normalized spacial score (nSPS) is 17.0. The average molecular weight is 304 g/mol. The lowest BCUT2D eigenvalue weighted by molar-refractivity contribution is 0.00523. The highest BCUT2D eigenvalue weighted by molar-refractivity contribution is 7.99. The number of hydrogen-bond donors (Lipinski definition) is 2. The van der Waals surface area contributed by atoms with Gasteiger partial charge in [0.2, 0.25) is 0 Å². The molecule has 2 N–H and O–H groups in total. The molecule has 1 amide bonds. The molecule has 0 heterocycles. The Kier molecular flexibility index (Phi) is 5.66. The maximum Gasteiger partial charge on any atom is 0.252 e. The minimum absolute atomic E-state index is 0.185. The number of rotatable bonds is 5. The molecule has 1 aromatic rings. The molecule has 1 aromatic carbocycles. The lowest BCUT2D eigenvalue weighted by Gasteiger charge is -2.32. The molecule has 21 heavy (non-hydrogen) atoms. The molecular formula is C16H20N2O2S. The van der Waals surface area contributed by atoms with Gasteiger partial charge in [-0.25, -0.2) is 0 Å². The Morgan fingerprint density at radius 2 is 2.05 bits per heavy atom. The number of aliphatic hydroxyl groups is 1. The minimum Gasteiger partial charge on any atom is -0.388 e. The number of nitrogens with one attached hydrogen (secondary N) is 1. The van der Waals surface area contributed by atoms with Crippen LogP contribution >= 0.6 is 11.8 Å². The van der Waals surface area contributed by atoms with Crippen molar-refractivity contribution >= 4 is 17.7 Å². The SMILES string of the molecule is N#CCSc1ccccc1C(=O)NCC1(O)CCCCC1. The Hall–Kier alpha value is -1.51. The van der Waals surface area contributed by atoms with Crippen LogP contribution in [0.2, 0.25) is 0 Å². The Labute approximate surface area is 129 Å². The van der Waals surface area contributed by atoms with E-state index in [-0.39, 0.29) is 5.91 Å². The van der Waals surface area contributed by atoms with Gasteiger partial charge < -0.3 is 10.4 Å². The number of amides is 1. The number of thioether (sulfide) groups is 1. The van der Waals surface area contributed by atoms with Crippen LogP contribution in [0.1, 0.15) is 42.5 Å². The van der Waals surface area contributed by atoms with Gasteiger partial charge in [0.1, 0.15) is 0 Å². The maximum atomic E-state index is 12.3. The molecule has 4 nitrogen and oxygen atoms in total. The van der Waals surface area contributed by atoms with Gasteiger partial charge in [0, 0.05) is 11.4 Å². The molecule has 0 aliphatic heterocycles. The predicted molar refractivity (Wildman–Crippen MR) is 83.1 cm³/mol. The summed E-state index contributed by atoms with van der Waals surface area (Å²) >= 11 is 1.35. The van der Waals surface area contributed by atoms with Crippen LogP contribution in [0.3, 0.4) is 0 Å².